The summed E-state index contributed by atoms with van der Waals surface area (Å²) < 4.78 is 17.8. The lowest BCUT2D eigenvalue weighted by Gasteiger charge is -2.06. The summed E-state index contributed by atoms with van der Waals surface area (Å²) in [6, 6.07) is 11.8. The van der Waals surface area contributed by atoms with Crippen molar-refractivity contribution < 1.29 is 23.5 Å². The minimum absolute atomic E-state index is 0.0882. The number of esters is 1. The van der Waals surface area contributed by atoms with E-state index in [2.05, 4.69) is 5.32 Å². The molecule has 0 saturated heterocycles. The third kappa shape index (κ3) is 5.84. The molecule has 1 N–H and O–H groups in total. The Morgan fingerprint density at radius 3 is 2.16 bits per heavy atom. The predicted molar refractivity (Wildman–Crippen MR) is 89.8 cm³/mol. The molecular weight excluding hydrogens is 325 g/mol. The topological polar surface area (TPSA) is 72.5 Å². The molecule has 2 aromatic carbocycles. The number of ketones is 1. The molecular formula is C19H18FNO4. The normalized spacial score (nSPS) is 10.2. The molecule has 2 rings (SSSR count). The molecule has 1 amide bonds. The van der Waals surface area contributed by atoms with Crippen LogP contribution in [-0.4, -0.2) is 30.8 Å². The van der Waals surface area contributed by atoms with Crippen LogP contribution in [0.5, 0.6) is 0 Å². The van der Waals surface area contributed by atoms with E-state index in [4.69, 9.17) is 4.74 Å². The Morgan fingerprint density at radius 1 is 0.960 bits per heavy atom. The van der Waals surface area contributed by atoms with E-state index in [1.54, 1.807) is 24.3 Å². The zero-order valence-electron chi connectivity index (χ0n) is 13.8. The maximum atomic E-state index is 12.8. The minimum Gasteiger partial charge on any atom is -0.454 e. The quantitative estimate of drug-likeness (QED) is 0.619. The molecule has 5 nitrogen and oxygen atoms in total. The Morgan fingerprint density at radius 2 is 1.56 bits per heavy atom. The number of carbonyl (C=O) groups is 3. The first-order valence-corrected chi connectivity index (χ1v) is 7.75. The molecule has 6 heteroatoms. The van der Waals surface area contributed by atoms with Gasteiger partial charge in [-0.1, -0.05) is 24.3 Å². The zero-order valence-corrected chi connectivity index (χ0v) is 13.8. The van der Waals surface area contributed by atoms with Gasteiger partial charge in [-0.2, -0.15) is 0 Å². The molecule has 0 aliphatic carbocycles. The van der Waals surface area contributed by atoms with Crippen LogP contribution in [0.15, 0.2) is 48.5 Å². The molecule has 0 aliphatic heterocycles. The van der Waals surface area contributed by atoms with Crippen LogP contribution in [0.2, 0.25) is 0 Å². The molecule has 0 heterocycles. The average Bonchev–Trinajstić information content (AvgIpc) is 2.60. The number of carbonyl (C=O) groups excluding carboxylic acids is 3. The van der Waals surface area contributed by atoms with Crippen LogP contribution in [0.4, 0.5) is 4.39 Å². The van der Waals surface area contributed by atoms with Crippen molar-refractivity contribution in [3.63, 3.8) is 0 Å². The van der Waals surface area contributed by atoms with Crippen molar-refractivity contribution >= 4 is 17.7 Å². The Kier molecular flexibility index (Phi) is 6.39. The van der Waals surface area contributed by atoms with Gasteiger partial charge in [-0.05, 0) is 36.2 Å². The van der Waals surface area contributed by atoms with Gasteiger partial charge in [-0.3, -0.25) is 9.59 Å². The average molecular weight is 343 g/mol. The molecule has 0 radical (unpaired) electrons. The molecule has 0 unspecified atom stereocenters. The van der Waals surface area contributed by atoms with Gasteiger partial charge in [0, 0.05) is 19.0 Å². The Bertz CT molecular complexity index is 754. The number of benzene rings is 2. The molecule has 0 bridgehead atoms. The van der Waals surface area contributed by atoms with Gasteiger partial charge in [0.1, 0.15) is 5.82 Å². The van der Waals surface area contributed by atoms with Crippen molar-refractivity contribution in [1.29, 1.82) is 0 Å². The van der Waals surface area contributed by atoms with Crippen LogP contribution in [-0.2, 0) is 16.0 Å². The third-order valence-electron chi connectivity index (χ3n) is 3.48. The van der Waals surface area contributed by atoms with Gasteiger partial charge in [0.05, 0.1) is 5.56 Å². The monoisotopic (exact) mass is 343 g/mol. The maximum Gasteiger partial charge on any atom is 0.338 e. The van der Waals surface area contributed by atoms with E-state index in [1.165, 1.54) is 19.1 Å². The van der Waals surface area contributed by atoms with Crippen LogP contribution in [0.25, 0.3) is 0 Å². The van der Waals surface area contributed by atoms with Gasteiger partial charge in [-0.25, -0.2) is 9.18 Å². The van der Waals surface area contributed by atoms with Crippen molar-refractivity contribution in [2.45, 2.75) is 13.3 Å². The second-order valence-electron chi connectivity index (χ2n) is 5.44. The lowest BCUT2D eigenvalue weighted by Crippen LogP contribution is -2.22. The number of amides is 1. The second-order valence-corrected chi connectivity index (χ2v) is 5.44. The summed E-state index contributed by atoms with van der Waals surface area (Å²) >= 11 is 0. The highest BCUT2D eigenvalue weighted by atomic mass is 19.1. The van der Waals surface area contributed by atoms with Crippen molar-refractivity contribution in [3.8, 4) is 0 Å². The molecule has 0 spiro atoms. The molecule has 0 atom stereocenters. The third-order valence-corrected chi connectivity index (χ3v) is 3.48. The second kappa shape index (κ2) is 8.73. The first-order chi connectivity index (χ1) is 12.0. The molecule has 2 aromatic rings. The SMILES string of the molecule is CC(=O)NCCc1ccc(C(=O)COC(=O)c2ccc(F)cc2)cc1. The highest BCUT2D eigenvalue weighted by Crippen LogP contribution is 2.08. The molecule has 130 valence electrons. The molecule has 0 saturated carbocycles. The lowest BCUT2D eigenvalue weighted by atomic mass is 10.1. The molecule has 0 aliphatic rings. The number of nitrogens with one attached hydrogen (secondary N) is 1. The van der Waals surface area contributed by atoms with Gasteiger partial charge in [0.25, 0.3) is 0 Å². The summed E-state index contributed by atoms with van der Waals surface area (Å²) in [6.45, 7) is 1.59. The fourth-order valence-corrected chi connectivity index (χ4v) is 2.12. The van der Waals surface area contributed by atoms with Crippen LogP contribution >= 0.6 is 0 Å². The van der Waals surface area contributed by atoms with Crippen LogP contribution in [0.3, 0.4) is 0 Å². The largest absolute Gasteiger partial charge is 0.454 e. The van der Waals surface area contributed by atoms with Crippen LogP contribution in [0, 0.1) is 5.82 Å². The molecule has 0 aromatic heterocycles. The highest BCUT2D eigenvalue weighted by molar-refractivity contribution is 5.99. The van der Waals surface area contributed by atoms with E-state index in [0.29, 0.717) is 18.5 Å². The fourth-order valence-electron chi connectivity index (χ4n) is 2.12. The van der Waals surface area contributed by atoms with E-state index in [9.17, 15) is 18.8 Å². The summed E-state index contributed by atoms with van der Waals surface area (Å²) in [5.41, 5.74) is 1.59. The van der Waals surface area contributed by atoms with Crippen LogP contribution < -0.4 is 5.32 Å². The van der Waals surface area contributed by atoms with Gasteiger partial charge in [0.15, 0.2) is 12.4 Å². The van der Waals surface area contributed by atoms with Gasteiger partial charge < -0.3 is 10.1 Å². The summed E-state index contributed by atoms with van der Waals surface area (Å²) in [4.78, 5) is 34.7. The number of halogens is 1. The van der Waals surface area contributed by atoms with Gasteiger partial charge >= 0.3 is 5.97 Å². The Balaban J connectivity index is 1.85. The van der Waals surface area contributed by atoms with Crippen molar-refractivity contribution in [2.24, 2.45) is 0 Å². The van der Waals surface area contributed by atoms with E-state index >= 15 is 0 Å². The number of hydrogen-bond donors (Lipinski definition) is 1. The fraction of sp³-hybridized carbons (Fsp3) is 0.211. The maximum absolute atomic E-state index is 12.8. The smallest absolute Gasteiger partial charge is 0.338 e. The van der Waals surface area contributed by atoms with Gasteiger partial charge in [0.2, 0.25) is 5.91 Å². The van der Waals surface area contributed by atoms with Crippen molar-refractivity contribution in [2.75, 3.05) is 13.2 Å². The summed E-state index contributed by atoms with van der Waals surface area (Å²) in [5.74, 6) is -1.55. The first kappa shape index (κ1) is 18.3. The van der Waals surface area contributed by atoms with E-state index < -0.39 is 11.8 Å². The number of hydrogen-bond acceptors (Lipinski definition) is 4. The standard InChI is InChI=1S/C19H18FNO4/c1-13(22)21-11-10-14-2-4-15(5-3-14)18(23)12-25-19(24)16-6-8-17(20)9-7-16/h2-9H,10-12H2,1H3,(H,21,22). The molecule has 25 heavy (non-hydrogen) atoms. The minimum atomic E-state index is -0.680. The number of rotatable bonds is 7. The van der Waals surface area contributed by atoms with E-state index in [0.717, 1.165) is 17.7 Å². The summed E-state index contributed by atoms with van der Waals surface area (Å²) in [7, 11) is 0. The van der Waals surface area contributed by atoms with Crippen molar-refractivity contribution in [1.82, 2.24) is 5.32 Å². The summed E-state index contributed by atoms with van der Waals surface area (Å²) in [5, 5.41) is 2.70. The highest BCUT2D eigenvalue weighted by Gasteiger charge is 2.12. The van der Waals surface area contributed by atoms with E-state index in [1.807, 2.05) is 0 Å². The van der Waals surface area contributed by atoms with Gasteiger partial charge in [-0.15, -0.1) is 0 Å². The Hall–Kier alpha value is -3.02. The first-order valence-electron chi connectivity index (χ1n) is 7.75. The zero-order chi connectivity index (χ0) is 18.2. The van der Waals surface area contributed by atoms with Crippen molar-refractivity contribution in [3.05, 3.63) is 71.0 Å². The number of Topliss-reactive ketones (excluding diaryl/α,β-unsaturated/α-hetero) is 1. The Labute approximate surface area is 144 Å². The van der Waals surface area contributed by atoms with E-state index in [-0.39, 0.29) is 23.9 Å². The molecule has 0 fully saturated rings. The van der Waals surface area contributed by atoms with Crippen LogP contribution in [0.1, 0.15) is 33.2 Å². The lowest BCUT2D eigenvalue weighted by molar-refractivity contribution is -0.118. The predicted octanol–water partition coefficient (Wildman–Crippen LogP) is 2.54. The number of ether oxygens (including phenoxy) is 1. The summed E-state index contributed by atoms with van der Waals surface area (Å²) in [6.07, 6.45) is 0.660.